The zero-order valence-corrected chi connectivity index (χ0v) is 14.5. The van der Waals surface area contributed by atoms with Crippen LogP contribution in [0.1, 0.15) is 23.7 Å². The third-order valence-corrected chi connectivity index (χ3v) is 3.55. The maximum atomic E-state index is 12.1. The Morgan fingerprint density at radius 3 is 2.24 bits per heavy atom. The van der Waals surface area contributed by atoms with Crippen LogP contribution in [0.15, 0.2) is 42.5 Å². The first-order valence-electron chi connectivity index (χ1n) is 7.85. The van der Waals surface area contributed by atoms with Gasteiger partial charge in [0.25, 0.3) is 5.91 Å². The van der Waals surface area contributed by atoms with E-state index < -0.39 is 0 Å². The summed E-state index contributed by atoms with van der Waals surface area (Å²) in [4.78, 5) is 23.6. The molecule has 0 radical (unpaired) electrons. The lowest BCUT2D eigenvalue weighted by Gasteiger charge is -2.12. The molecule has 1 N–H and O–H groups in total. The van der Waals surface area contributed by atoms with E-state index in [0.717, 1.165) is 0 Å². The number of carbonyl (C=O) groups excluding carboxylic acids is 2. The number of amides is 1. The lowest BCUT2D eigenvalue weighted by Crippen LogP contribution is -2.20. The minimum atomic E-state index is -0.322. The molecule has 0 fully saturated rings. The van der Waals surface area contributed by atoms with Crippen molar-refractivity contribution in [1.82, 2.24) is 0 Å². The smallest absolute Gasteiger partial charge is 0.262 e. The van der Waals surface area contributed by atoms with Crippen LogP contribution in [0.5, 0.6) is 17.2 Å². The number of rotatable bonds is 8. The van der Waals surface area contributed by atoms with Gasteiger partial charge in [-0.05, 0) is 36.4 Å². The number of anilines is 1. The van der Waals surface area contributed by atoms with Crippen LogP contribution in [0.3, 0.4) is 0 Å². The van der Waals surface area contributed by atoms with Crippen molar-refractivity contribution < 1.29 is 23.8 Å². The Morgan fingerprint density at radius 1 is 0.960 bits per heavy atom. The normalized spacial score (nSPS) is 10.0. The molecule has 0 saturated carbocycles. The lowest BCUT2D eigenvalue weighted by atomic mass is 10.1. The molecule has 2 rings (SSSR count). The van der Waals surface area contributed by atoms with Crippen molar-refractivity contribution in [2.45, 2.75) is 13.3 Å². The third-order valence-electron chi connectivity index (χ3n) is 3.55. The molecule has 0 spiro atoms. The van der Waals surface area contributed by atoms with Crippen LogP contribution in [0, 0.1) is 0 Å². The molecule has 0 saturated heterocycles. The highest BCUT2D eigenvalue weighted by Gasteiger charge is 2.10. The van der Waals surface area contributed by atoms with Gasteiger partial charge in [-0.3, -0.25) is 9.59 Å². The molecule has 0 aliphatic carbocycles. The van der Waals surface area contributed by atoms with Crippen LogP contribution in [0.2, 0.25) is 0 Å². The summed E-state index contributed by atoms with van der Waals surface area (Å²) in [6.07, 6.45) is 0.451. The lowest BCUT2D eigenvalue weighted by molar-refractivity contribution is -0.118. The molecule has 25 heavy (non-hydrogen) atoms. The second kappa shape index (κ2) is 8.73. The predicted octanol–water partition coefficient (Wildman–Crippen LogP) is 3.31. The maximum absolute atomic E-state index is 12.1. The van der Waals surface area contributed by atoms with E-state index in [1.807, 2.05) is 6.92 Å². The fourth-order valence-electron chi connectivity index (χ4n) is 2.18. The van der Waals surface area contributed by atoms with Crippen LogP contribution >= 0.6 is 0 Å². The molecule has 2 aromatic carbocycles. The predicted molar refractivity (Wildman–Crippen MR) is 94.7 cm³/mol. The van der Waals surface area contributed by atoms with Gasteiger partial charge in [-0.2, -0.15) is 0 Å². The standard InChI is InChI=1S/C19H21NO5/c1-4-17(21)13-5-7-14(8-6-13)25-12-19(22)20-16-10-9-15(23-2)11-18(16)24-3/h5-11H,4,12H2,1-3H3,(H,20,22). The van der Waals surface area contributed by atoms with Crippen molar-refractivity contribution in [3.05, 3.63) is 48.0 Å². The minimum Gasteiger partial charge on any atom is -0.497 e. The summed E-state index contributed by atoms with van der Waals surface area (Å²) < 4.78 is 15.8. The molecular formula is C19H21NO5. The summed E-state index contributed by atoms with van der Waals surface area (Å²) in [5.74, 6) is 1.39. The van der Waals surface area contributed by atoms with Crippen LogP contribution in [0.4, 0.5) is 5.69 Å². The molecule has 1 amide bonds. The van der Waals surface area contributed by atoms with Gasteiger partial charge >= 0.3 is 0 Å². The van der Waals surface area contributed by atoms with Crippen molar-refractivity contribution in [1.29, 1.82) is 0 Å². The Bertz CT molecular complexity index is 740. The number of nitrogens with one attached hydrogen (secondary N) is 1. The number of ether oxygens (including phenoxy) is 3. The zero-order valence-electron chi connectivity index (χ0n) is 14.5. The number of carbonyl (C=O) groups is 2. The number of hydrogen-bond acceptors (Lipinski definition) is 5. The van der Waals surface area contributed by atoms with E-state index in [0.29, 0.717) is 34.9 Å². The number of hydrogen-bond donors (Lipinski definition) is 1. The Labute approximate surface area is 146 Å². The fraction of sp³-hybridized carbons (Fsp3) is 0.263. The minimum absolute atomic E-state index is 0.0656. The molecule has 6 heteroatoms. The van der Waals surface area contributed by atoms with Gasteiger partial charge in [0.2, 0.25) is 0 Å². The van der Waals surface area contributed by atoms with Gasteiger partial charge in [-0.25, -0.2) is 0 Å². The maximum Gasteiger partial charge on any atom is 0.262 e. The first kappa shape index (κ1) is 18.3. The van der Waals surface area contributed by atoms with Gasteiger partial charge in [-0.1, -0.05) is 6.92 Å². The summed E-state index contributed by atoms with van der Waals surface area (Å²) in [5.41, 5.74) is 1.16. The average Bonchev–Trinajstić information content (AvgIpc) is 2.66. The summed E-state index contributed by atoms with van der Waals surface area (Å²) >= 11 is 0. The fourth-order valence-corrected chi connectivity index (χ4v) is 2.18. The van der Waals surface area contributed by atoms with Crippen LogP contribution in [-0.4, -0.2) is 32.5 Å². The van der Waals surface area contributed by atoms with Crippen molar-refractivity contribution in [2.75, 3.05) is 26.1 Å². The second-order valence-corrected chi connectivity index (χ2v) is 5.20. The third kappa shape index (κ3) is 4.97. The summed E-state index contributed by atoms with van der Waals surface area (Å²) in [6, 6.07) is 11.8. The first-order valence-corrected chi connectivity index (χ1v) is 7.85. The highest BCUT2D eigenvalue weighted by Crippen LogP contribution is 2.28. The van der Waals surface area contributed by atoms with E-state index in [1.165, 1.54) is 7.11 Å². The SMILES string of the molecule is CCC(=O)c1ccc(OCC(=O)Nc2ccc(OC)cc2OC)cc1. The number of ketones is 1. The first-order chi connectivity index (χ1) is 12.1. The molecule has 0 aliphatic heterocycles. The topological polar surface area (TPSA) is 73.9 Å². The molecule has 2 aromatic rings. The number of Topliss-reactive ketones (excluding diaryl/α,β-unsaturated/α-hetero) is 1. The Kier molecular flexibility index (Phi) is 6.39. The van der Waals surface area contributed by atoms with Gasteiger partial charge in [0.15, 0.2) is 12.4 Å². The van der Waals surface area contributed by atoms with E-state index in [-0.39, 0.29) is 18.3 Å². The van der Waals surface area contributed by atoms with Crippen molar-refractivity contribution in [3.63, 3.8) is 0 Å². The van der Waals surface area contributed by atoms with Crippen molar-refractivity contribution in [3.8, 4) is 17.2 Å². The van der Waals surface area contributed by atoms with Crippen LogP contribution in [-0.2, 0) is 4.79 Å². The molecular weight excluding hydrogens is 322 g/mol. The molecule has 6 nitrogen and oxygen atoms in total. The van der Waals surface area contributed by atoms with Gasteiger partial charge in [0.05, 0.1) is 19.9 Å². The van der Waals surface area contributed by atoms with E-state index in [1.54, 1.807) is 49.6 Å². The van der Waals surface area contributed by atoms with Gasteiger partial charge < -0.3 is 19.5 Å². The highest BCUT2D eigenvalue weighted by atomic mass is 16.5. The molecule has 132 valence electrons. The van der Waals surface area contributed by atoms with Crippen molar-refractivity contribution in [2.24, 2.45) is 0 Å². The van der Waals surface area contributed by atoms with Gasteiger partial charge in [-0.15, -0.1) is 0 Å². The molecule has 0 atom stereocenters. The molecule has 0 aromatic heterocycles. The Morgan fingerprint density at radius 2 is 1.64 bits per heavy atom. The summed E-state index contributed by atoms with van der Waals surface area (Å²) in [6.45, 7) is 1.65. The molecule has 0 heterocycles. The van der Waals surface area contributed by atoms with E-state index in [4.69, 9.17) is 14.2 Å². The van der Waals surface area contributed by atoms with E-state index >= 15 is 0 Å². The number of benzene rings is 2. The molecule has 0 bridgehead atoms. The Balaban J connectivity index is 1.93. The van der Waals surface area contributed by atoms with E-state index in [2.05, 4.69) is 5.32 Å². The summed E-state index contributed by atoms with van der Waals surface area (Å²) in [7, 11) is 3.07. The van der Waals surface area contributed by atoms with Gasteiger partial charge in [0.1, 0.15) is 17.2 Å². The quantitative estimate of drug-likeness (QED) is 0.744. The van der Waals surface area contributed by atoms with Crippen molar-refractivity contribution >= 4 is 17.4 Å². The highest BCUT2D eigenvalue weighted by molar-refractivity contribution is 5.96. The summed E-state index contributed by atoms with van der Waals surface area (Å²) in [5, 5.41) is 2.72. The monoisotopic (exact) mass is 343 g/mol. The van der Waals surface area contributed by atoms with Gasteiger partial charge in [0, 0.05) is 18.1 Å². The second-order valence-electron chi connectivity index (χ2n) is 5.20. The number of methoxy groups -OCH3 is 2. The van der Waals surface area contributed by atoms with Crippen LogP contribution in [0.25, 0.3) is 0 Å². The largest absolute Gasteiger partial charge is 0.497 e. The molecule has 0 unspecified atom stereocenters. The molecule has 0 aliphatic rings. The van der Waals surface area contributed by atoms with Crippen LogP contribution < -0.4 is 19.5 Å². The Hall–Kier alpha value is -3.02. The van der Waals surface area contributed by atoms with E-state index in [9.17, 15) is 9.59 Å². The zero-order chi connectivity index (χ0) is 18.2. The average molecular weight is 343 g/mol.